The molecule has 0 saturated heterocycles. The number of hydrogen-bond donors (Lipinski definition) is 2. The third-order valence-corrected chi connectivity index (χ3v) is 3.23. The van der Waals surface area contributed by atoms with Gasteiger partial charge in [0, 0.05) is 17.7 Å². The minimum Gasteiger partial charge on any atom is -0.467 e. The molecule has 0 radical (unpaired) electrons. The van der Waals surface area contributed by atoms with Crippen molar-refractivity contribution in [1.29, 1.82) is 0 Å². The summed E-state index contributed by atoms with van der Waals surface area (Å²) < 4.78 is 5.15. The number of unbranched alkanes of at least 4 members (excludes halogenated alkanes) is 1. The van der Waals surface area contributed by atoms with Gasteiger partial charge in [-0.25, -0.2) is 0 Å². The van der Waals surface area contributed by atoms with E-state index in [2.05, 4.69) is 17.6 Å². The molecule has 1 aromatic heterocycles. The predicted octanol–water partition coefficient (Wildman–Crippen LogP) is 2.74. The minimum absolute atomic E-state index is 0.115. The first-order chi connectivity index (χ1) is 10.7. The topological polar surface area (TPSA) is 71.3 Å². The maximum Gasteiger partial charge on any atom is 0.251 e. The largest absolute Gasteiger partial charge is 0.467 e. The molecule has 0 atom stereocenters. The van der Waals surface area contributed by atoms with Crippen molar-refractivity contribution in [3.63, 3.8) is 0 Å². The molecule has 116 valence electrons. The molecular weight excluding hydrogens is 280 g/mol. The van der Waals surface area contributed by atoms with Crippen LogP contribution >= 0.6 is 0 Å². The summed E-state index contributed by atoms with van der Waals surface area (Å²) in [6.07, 6.45) is 3.56. The molecular formula is C17H20N2O3. The second kappa shape index (κ2) is 8.02. The predicted molar refractivity (Wildman–Crippen MR) is 83.6 cm³/mol. The van der Waals surface area contributed by atoms with Crippen LogP contribution in [0.5, 0.6) is 0 Å². The molecule has 2 amide bonds. The van der Waals surface area contributed by atoms with Gasteiger partial charge in [-0.2, -0.15) is 0 Å². The third kappa shape index (κ3) is 4.48. The van der Waals surface area contributed by atoms with E-state index in [-0.39, 0.29) is 11.8 Å². The minimum atomic E-state index is -0.200. The zero-order valence-corrected chi connectivity index (χ0v) is 12.6. The lowest BCUT2D eigenvalue weighted by molar-refractivity contribution is 0.0938. The van der Waals surface area contributed by atoms with Crippen molar-refractivity contribution in [2.45, 2.75) is 26.3 Å². The van der Waals surface area contributed by atoms with Crippen LogP contribution in [0.15, 0.2) is 47.1 Å². The van der Waals surface area contributed by atoms with Crippen molar-refractivity contribution in [3.05, 3.63) is 59.5 Å². The fraction of sp³-hybridized carbons (Fsp3) is 0.294. The molecule has 0 spiro atoms. The number of nitrogens with one attached hydrogen (secondary N) is 2. The Balaban J connectivity index is 1.87. The van der Waals surface area contributed by atoms with Crippen LogP contribution in [0.3, 0.4) is 0 Å². The SMILES string of the molecule is CCCCNC(=O)c1ccc(C(=O)NCc2ccco2)cc1. The number of carbonyl (C=O) groups is 2. The molecule has 5 heteroatoms. The molecule has 0 bridgehead atoms. The zero-order valence-electron chi connectivity index (χ0n) is 12.6. The van der Waals surface area contributed by atoms with Crippen LogP contribution in [0, 0.1) is 0 Å². The van der Waals surface area contributed by atoms with Gasteiger partial charge in [0.05, 0.1) is 12.8 Å². The highest BCUT2D eigenvalue weighted by molar-refractivity contribution is 5.97. The van der Waals surface area contributed by atoms with Crippen molar-refractivity contribution in [1.82, 2.24) is 10.6 Å². The number of benzene rings is 1. The molecule has 0 aliphatic heterocycles. The van der Waals surface area contributed by atoms with E-state index in [0.717, 1.165) is 12.8 Å². The average molecular weight is 300 g/mol. The standard InChI is InChI=1S/C17H20N2O3/c1-2-3-10-18-16(20)13-6-8-14(9-7-13)17(21)19-12-15-5-4-11-22-15/h4-9,11H,2-3,10,12H2,1H3,(H,18,20)(H,19,21). The maximum absolute atomic E-state index is 12.0. The monoisotopic (exact) mass is 300 g/mol. The summed E-state index contributed by atoms with van der Waals surface area (Å²) in [4.78, 5) is 23.8. The van der Waals surface area contributed by atoms with Crippen molar-refractivity contribution < 1.29 is 14.0 Å². The van der Waals surface area contributed by atoms with Gasteiger partial charge in [-0.15, -0.1) is 0 Å². The molecule has 2 rings (SSSR count). The first kappa shape index (κ1) is 15.8. The van der Waals surface area contributed by atoms with Gasteiger partial charge in [-0.3, -0.25) is 9.59 Å². The third-order valence-electron chi connectivity index (χ3n) is 3.23. The Labute approximate surface area is 129 Å². The Morgan fingerprint density at radius 2 is 1.64 bits per heavy atom. The van der Waals surface area contributed by atoms with E-state index in [9.17, 15) is 9.59 Å². The summed E-state index contributed by atoms with van der Waals surface area (Å²) in [5, 5.41) is 5.60. The van der Waals surface area contributed by atoms with Crippen LogP contribution in [-0.4, -0.2) is 18.4 Å². The molecule has 0 aliphatic rings. The summed E-state index contributed by atoms with van der Waals surface area (Å²) in [5.74, 6) is 0.380. The maximum atomic E-state index is 12.0. The van der Waals surface area contributed by atoms with E-state index in [1.807, 2.05) is 0 Å². The second-order valence-electron chi connectivity index (χ2n) is 4.95. The quantitative estimate of drug-likeness (QED) is 0.772. The van der Waals surface area contributed by atoms with Gasteiger partial charge in [0.1, 0.15) is 5.76 Å². The fourth-order valence-electron chi connectivity index (χ4n) is 1.94. The van der Waals surface area contributed by atoms with E-state index < -0.39 is 0 Å². The number of carbonyl (C=O) groups excluding carboxylic acids is 2. The zero-order chi connectivity index (χ0) is 15.8. The van der Waals surface area contributed by atoms with E-state index in [0.29, 0.717) is 30.0 Å². The summed E-state index contributed by atoms with van der Waals surface area (Å²) >= 11 is 0. The molecule has 0 aliphatic carbocycles. The van der Waals surface area contributed by atoms with Crippen molar-refractivity contribution in [3.8, 4) is 0 Å². The molecule has 22 heavy (non-hydrogen) atoms. The number of rotatable bonds is 7. The summed E-state index contributed by atoms with van der Waals surface area (Å²) in [6.45, 7) is 3.08. The van der Waals surface area contributed by atoms with Gasteiger partial charge in [-0.1, -0.05) is 13.3 Å². The van der Waals surface area contributed by atoms with Crippen molar-refractivity contribution in [2.75, 3.05) is 6.54 Å². The lowest BCUT2D eigenvalue weighted by Gasteiger charge is -2.06. The van der Waals surface area contributed by atoms with E-state index >= 15 is 0 Å². The summed E-state index contributed by atoms with van der Waals surface area (Å²) in [7, 11) is 0. The van der Waals surface area contributed by atoms with Crippen LogP contribution in [0.4, 0.5) is 0 Å². The molecule has 0 saturated carbocycles. The molecule has 2 N–H and O–H groups in total. The Hall–Kier alpha value is -2.56. The normalized spacial score (nSPS) is 10.2. The number of furan rings is 1. The Bertz CT molecular complexity index is 603. The highest BCUT2D eigenvalue weighted by atomic mass is 16.3. The molecule has 2 aromatic rings. The summed E-state index contributed by atoms with van der Waals surface area (Å²) in [5.41, 5.74) is 1.07. The highest BCUT2D eigenvalue weighted by Gasteiger charge is 2.09. The van der Waals surface area contributed by atoms with Crippen LogP contribution in [0.25, 0.3) is 0 Å². The van der Waals surface area contributed by atoms with E-state index in [1.165, 1.54) is 0 Å². The van der Waals surface area contributed by atoms with Gasteiger partial charge >= 0.3 is 0 Å². The van der Waals surface area contributed by atoms with E-state index in [4.69, 9.17) is 4.42 Å². The van der Waals surface area contributed by atoms with Gasteiger partial charge in [0.15, 0.2) is 0 Å². The Kier molecular flexibility index (Phi) is 5.77. The first-order valence-electron chi connectivity index (χ1n) is 7.39. The van der Waals surface area contributed by atoms with Crippen LogP contribution in [-0.2, 0) is 6.54 Å². The van der Waals surface area contributed by atoms with Crippen molar-refractivity contribution >= 4 is 11.8 Å². The molecule has 5 nitrogen and oxygen atoms in total. The average Bonchev–Trinajstić information content (AvgIpc) is 3.06. The Morgan fingerprint density at radius 3 is 2.18 bits per heavy atom. The molecule has 0 fully saturated rings. The highest BCUT2D eigenvalue weighted by Crippen LogP contribution is 2.06. The second-order valence-corrected chi connectivity index (χ2v) is 4.95. The van der Waals surface area contributed by atoms with Crippen LogP contribution < -0.4 is 10.6 Å². The van der Waals surface area contributed by atoms with Gasteiger partial charge < -0.3 is 15.1 Å². The van der Waals surface area contributed by atoms with Gasteiger partial charge in [-0.05, 0) is 42.8 Å². The fourth-order valence-corrected chi connectivity index (χ4v) is 1.94. The van der Waals surface area contributed by atoms with E-state index in [1.54, 1.807) is 42.7 Å². The van der Waals surface area contributed by atoms with Gasteiger partial charge in [0.2, 0.25) is 0 Å². The Morgan fingerprint density at radius 1 is 1.00 bits per heavy atom. The number of amides is 2. The van der Waals surface area contributed by atoms with Crippen LogP contribution in [0.2, 0.25) is 0 Å². The van der Waals surface area contributed by atoms with Gasteiger partial charge in [0.25, 0.3) is 11.8 Å². The summed E-state index contributed by atoms with van der Waals surface area (Å²) in [6, 6.07) is 10.2. The lowest BCUT2D eigenvalue weighted by atomic mass is 10.1. The lowest BCUT2D eigenvalue weighted by Crippen LogP contribution is -2.25. The van der Waals surface area contributed by atoms with Crippen molar-refractivity contribution in [2.24, 2.45) is 0 Å². The first-order valence-corrected chi connectivity index (χ1v) is 7.39. The molecule has 0 unspecified atom stereocenters. The smallest absolute Gasteiger partial charge is 0.251 e. The molecule has 1 aromatic carbocycles. The number of hydrogen-bond acceptors (Lipinski definition) is 3. The molecule has 1 heterocycles. The van der Waals surface area contributed by atoms with Crippen LogP contribution in [0.1, 0.15) is 46.2 Å².